The number of anilines is 1. The van der Waals surface area contributed by atoms with E-state index in [2.05, 4.69) is 20.5 Å². The van der Waals surface area contributed by atoms with Crippen molar-refractivity contribution in [3.05, 3.63) is 83.6 Å². The molecular weight excluding hydrogens is 418 g/mol. The third-order valence-electron chi connectivity index (χ3n) is 4.36. The minimum absolute atomic E-state index is 0.129. The van der Waals surface area contributed by atoms with Crippen LogP contribution < -0.4 is 5.32 Å². The molecule has 0 saturated heterocycles. The molecule has 6 nitrogen and oxygen atoms in total. The highest BCUT2D eigenvalue weighted by Gasteiger charge is 2.17. The number of aryl methyl sites for hydroxylation is 1. The lowest BCUT2D eigenvalue weighted by Crippen LogP contribution is -2.15. The molecule has 0 saturated carbocycles. The highest BCUT2D eigenvalue weighted by molar-refractivity contribution is 7.99. The predicted octanol–water partition coefficient (Wildman–Crippen LogP) is 5.02. The first kappa shape index (κ1) is 20.1. The Kier molecular flexibility index (Phi) is 6.11. The van der Waals surface area contributed by atoms with Gasteiger partial charge in [0.2, 0.25) is 5.91 Å². The maximum absolute atomic E-state index is 12.5. The summed E-state index contributed by atoms with van der Waals surface area (Å²) in [5.41, 5.74) is 3.41. The van der Waals surface area contributed by atoms with Crippen molar-refractivity contribution in [1.29, 1.82) is 0 Å². The molecule has 0 bridgehead atoms. The first-order valence-electron chi connectivity index (χ1n) is 9.22. The Bertz CT molecular complexity index is 1160. The van der Waals surface area contributed by atoms with Crippen molar-refractivity contribution >= 4 is 35.0 Å². The SMILES string of the molecule is Cc1cc(Cl)ccc1NC(=O)CSc1nnc(-c2cccnc2)n1-c1ccccc1. The molecule has 1 N–H and O–H groups in total. The third-order valence-corrected chi connectivity index (χ3v) is 5.53. The summed E-state index contributed by atoms with van der Waals surface area (Å²) in [4.78, 5) is 16.7. The van der Waals surface area contributed by atoms with Crippen LogP contribution in [0, 0.1) is 6.92 Å². The number of rotatable bonds is 6. The van der Waals surface area contributed by atoms with Gasteiger partial charge in [-0.05, 0) is 55.0 Å². The van der Waals surface area contributed by atoms with Gasteiger partial charge in [0.15, 0.2) is 11.0 Å². The smallest absolute Gasteiger partial charge is 0.234 e. The largest absolute Gasteiger partial charge is 0.325 e. The van der Waals surface area contributed by atoms with E-state index in [1.54, 1.807) is 24.5 Å². The van der Waals surface area contributed by atoms with E-state index in [9.17, 15) is 4.79 Å². The Balaban J connectivity index is 1.57. The maximum atomic E-state index is 12.5. The number of halogens is 1. The quantitative estimate of drug-likeness (QED) is 0.430. The summed E-state index contributed by atoms with van der Waals surface area (Å²) in [5, 5.41) is 12.9. The second-order valence-corrected chi connectivity index (χ2v) is 7.89. The number of carbonyl (C=O) groups excluding carboxylic acids is 1. The van der Waals surface area contributed by atoms with E-state index < -0.39 is 0 Å². The number of nitrogens with zero attached hydrogens (tertiary/aromatic N) is 4. The van der Waals surface area contributed by atoms with Crippen LogP contribution >= 0.6 is 23.4 Å². The van der Waals surface area contributed by atoms with Crippen molar-refractivity contribution in [2.45, 2.75) is 12.1 Å². The molecule has 2 aromatic carbocycles. The molecule has 30 heavy (non-hydrogen) atoms. The van der Waals surface area contributed by atoms with Gasteiger partial charge in [-0.2, -0.15) is 0 Å². The maximum Gasteiger partial charge on any atom is 0.234 e. The van der Waals surface area contributed by atoms with Crippen molar-refractivity contribution in [2.24, 2.45) is 0 Å². The van der Waals surface area contributed by atoms with E-state index in [0.29, 0.717) is 16.0 Å². The lowest BCUT2D eigenvalue weighted by Gasteiger charge is -2.11. The number of pyridine rings is 1. The van der Waals surface area contributed by atoms with Crippen LogP contribution in [-0.2, 0) is 4.79 Å². The topological polar surface area (TPSA) is 72.7 Å². The van der Waals surface area contributed by atoms with Crippen LogP contribution in [0.5, 0.6) is 0 Å². The van der Waals surface area contributed by atoms with Crippen LogP contribution in [0.15, 0.2) is 78.2 Å². The molecule has 4 aromatic rings. The molecule has 1 amide bonds. The summed E-state index contributed by atoms with van der Waals surface area (Å²) in [6, 6.07) is 19.0. The molecule has 2 aromatic heterocycles. The summed E-state index contributed by atoms with van der Waals surface area (Å²) in [6.07, 6.45) is 3.46. The van der Waals surface area contributed by atoms with Gasteiger partial charge in [-0.1, -0.05) is 41.6 Å². The lowest BCUT2D eigenvalue weighted by molar-refractivity contribution is -0.113. The third kappa shape index (κ3) is 4.53. The Morgan fingerprint density at radius 3 is 2.67 bits per heavy atom. The molecule has 150 valence electrons. The summed E-state index contributed by atoms with van der Waals surface area (Å²) in [7, 11) is 0. The summed E-state index contributed by atoms with van der Waals surface area (Å²) < 4.78 is 1.93. The molecular formula is C22H18ClN5OS. The number of nitrogens with one attached hydrogen (secondary N) is 1. The average Bonchev–Trinajstić information content (AvgIpc) is 3.19. The number of hydrogen-bond donors (Lipinski definition) is 1. The van der Waals surface area contributed by atoms with Gasteiger partial charge in [0.05, 0.1) is 5.75 Å². The van der Waals surface area contributed by atoms with Gasteiger partial charge in [0.1, 0.15) is 0 Å². The van der Waals surface area contributed by atoms with E-state index in [-0.39, 0.29) is 11.7 Å². The van der Waals surface area contributed by atoms with Gasteiger partial charge in [0, 0.05) is 34.4 Å². The molecule has 0 aliphatic heterocycles. The van der Waals surface area contributed by atoms with Crippen LogP contribution in [0.4, 0.5) is 5.69 Å². The molecule has 0 fully saturated rings. The number of amides is 1. The molecule has 0 aliphatic rings. The second-order valence-electron chi connectivity index (χ2n) is 6.51. The molecule has 0 unspecified atom stereocenters. The fourth-order valence-electron chi connectivity index (χ4n) is 2.94. The Morgan fingerprint density at radius 2 is 1.93 bits per heavy atom. The number of aromatic nitrogens is 4. The van der Waals surface area contributed by atoms with Crippen molar-refractivity contribution in [2.75, 3.05) is 11.1 Å². The van der Waals surface area contributed by atoms with Gasteiger partial charge < -0.3 is 5.32 Å². The normalized spacial score (nSPS) is 10.7. The van der Waals surface area contributed by atoms with Crippen molar-refractivity contribution in [3.8, 4) is 17.1 Å². The lowest BCUT2D eigenvalue weighted by atomic mass is 10.2. The second kappa shape index (κ2) is 9.11. The predicted molar refractivity (Wildman–Crippen MR) is 120 cm³/mol. The Hall–Kier alpha value is -3.16. The van der Waals surface area contributed by atoms with E-state index in [4.69, 9.17) is 11.6 Å². The summed E-state index contributed by atoms with van der Waals surface area (Å²) >= 11 is 7.31. The average molecular weight is 436 g/mol. The molecule has 4 rings (SSSR count). The zero-order chi connectivity index (χ0) is 20.9. The number of thioether (sulfide) groups is 1. The Labute approximate surface area is 183 Å². The Morgan fingerprint density at radius 1 is 1.10 bits per heavy atom. The standard InChI is InChI=1S/C22H18ClN5OS/c1-15-12-17(23)9-10-19(15)25-20(29)14-30-22-27-26-21(16-6-5-11-24-13-16)28(22)18-7-3-2-4-8-18/h2-13H,14H2,1H3,(H,25,29). The van der Waals surface area contributed by atoms with Gasteiger partial charge in [0.25, 0.3) is 0 Å². The van der Waals surface area contributed by atoms with E-state index in [0.717, 1.165) is 22.5 Å². The molecule has 0 spiro atoms. The van der Waals surface area contributed by atoms with Gasteiger partial charge in [-0.15, -0.1) is 10.2 Å². The van der Waals surface area contributed by atoms with Crippen molar-refractivity contribution < 1.29 is 4.79 Å². The minimum Gasteiger partial charge on any atom is -0.325 e. The number of para-hydroxylation sites is 1. The van der Waals surface area contributed by atoms with E-state index in [1.165, 1.54) is 11.8 Å². The number of benzene rings is 2. The van der Waals surface area contributed by atoms with Crippen LogP contribution in [-0.4, -0.2) is 31.4 Å². The first-order chi connectivity index (χ1) is 14.6. The minimum atomic E-state index is -0.129. The summed E-state index contributed by atoms with van der Waals surface area (Å²) in [5.74, 6) is 0.738. The number of hydrogen-bond acceptors (Lipinski definition) is 5. The van der Waals surface area contributed by atoms with Crippen LogP contribution in [0.2, 0.25) is 5.02 Å². The highest BCUT2D eigenvalue weighted by Crippen LogP contribution is 2.28. The van der Waals surface area contributed by atoms with E-state index >= 15 is 0 Å². The van der Waals surface area contributed by atoms with Crippen LogP contribution in [0.1, 0.15) is 5.56 Å². The van der Waals surface area contributed by atoms with Gasteiger partial charge >= 0.3 is 0 Å². The van der Waals surface area contributed by atoms with Gasteiger partial charge in [-0.25, -0.2) is 0 Å². The molecule has 0 aliphatic carbocycles. The van der Waals surface area contributed by atoms with Crippen molar-refractivity contribution in [1.82, 2.24) is 19.7 Å². The monoisotopic (exact) mass is 435 g/mol. The van der Waals surface area contributed by atoms with Crippen LogP contribution in [0.3, 0.4) is 0 Å². The summed E-state index contributed by atoms with van der Waals surface area (Å²) in [6.45, 7) is 1.90. The fourth-order valence-corrected chi connectivity index (χ4v) is 3.92. The molecule has 0 atom stereocenters. The molecule has 8 heteroatoms. The van der Waals surface area contributed by atoms with E-state index in [1.807, 2.05) is 60.0 Å². The van der Waals surface area contributed by atoms with Crippen molar-refractivity contribution in [3.63, 3.8) is 0 Å². The first-order valence-corrected chi connectivity index (χ1v) is 10.6. The zero-order valence-electron chi connectivity index (χ0n) is 16.1. The zero-order valence-corrected chi connectivity index (χ0v) is 17.7. The number of carbonyl (C=O) groups is 1. The highest BCUT2D eigenvalue weighted by atomic mass is 35.5. The molecule has 0 radical (unpaired) electrons. The fraction of sp³-hybridized carbons (Fsp3) is 0.0909. The van der Waals surface area contributed by atoms with Crippen LogP contribution in [0.25, 0.3) is 17.1 Å². The van der Waals surface area contributed by atoms with Gasteiger partial charge in [-0.3, -0.25) is 14.3 Å². The molecule has 2 heterocycles.